The number of amides is 1. The Morgan fingerprint density at radius 2 is 1.70 bits per heavy atom. The van der Waals surface area contributed by atoms with Gasteiger partial charge in [0.15, 0.2) is 11.5 Å². The number of alkyl halides is 5. The molecule has 2 aliphatic rings. The number of rotatable bonds is 5. The lowest BCUT2D eigenvalue weighted by Crippen LogP contribution is -2.28. The predicted octanol–water partition coefficient (Wildman–Crippen LogP) is 6.09. The fourth-order valence-corrected chi connectivity index (χ4v) is 4.08. The summed E-state index contributed by atoms with van der Waals surface area (Å²) in [7, 11) is 0. The van der Waals surface area contributed by atoms with Gasteiger partial charge in [-0.05, 0) is 60.9 Å². The van der Waals surface area contributed by atoms with Crippen LogP contribution in [0.15, 0.2) is 48.5 Å². The van der Waals surface area contributed by atoms with Gasteiger partial charge >= 0.3 is 18.4 Å². The zero-order valence-electron chi connectivity index (χ0n) is 18.3. The number of fused-ring (bicyclic) bond motifs is 1. The van der Waals surface area contributed by atoms with Crippen molar-refractivity contribution in [2.45, 2.75) is 30.7 Å². The molecule has 7 nitrogen and oxygen atoms in total. The number of halogens is 6. The molecule has 0 spiro atoms. The van der Waals surface area contributed by atoms with Gasteiger partial charge in [0.05, 0.1) is 22.2 Å². The average molecular weight is 528 g/mol. The van der Waals surface area contributed by atoms with Gasteiger partial charge in [-0.25, -0.2) is 14.2 Å². The van der Waals surface area contributed by atoms with E-state index in [1.54, 1.807) is 0 Å². The highest BCUT2D eigenvalue weighted by Crippen LogP contribution is 2.52. The van der Waals surface area contributed by atoms with Gasteiger partial charge in [0.2, 0.25) is 5.91 Å². The maximum atomic E-state index is 14.0. The van der Waals surface area contributed by atoms with Crippen LogP contribution in [0.5, 0.6) is 11.5 Å². The molecule has 5 rings (SSSR count). The first kappa shape index (κ1) is 24.4. The number of aromatic carboxylic acids is 1. The molecule has 1 fully saturated rings. The van der Waals surface area contributed by atoms with E-state index in [9.17, 15) is 35.9 Å². The zero-order chi connectivity index (χ0) is 26.8. The van der Waals surface area contributed by atoms with E-state index < -0.39 is 58.0 Å². The Bertz CT molecular complexity index is 1460. The van der Waals surface area contributed by atoms with E-state index in [1.807, 2.05) is 0 Å². The molecule has 1 amide bonds. The van der Waals surface area contributed by atoms with Crippen LogP contribution >= 0.6 is 0 Å². The van der Waals surface area contributed by atoms with E-state index in [4.69, 9.17) is 5.11 Å². The monoisotopic (exact) mass is 528 g/mol. The van der Waals surface area contributed by atoms with Crippen LogP contribution in [0.1, 0.15) is 37.2 Å². The van der Waals surface area contributed by atoms with Crippen molar-refractivity contribution < 1.29 is 53.4 Å². The molecule has 1 aliphatic carbocycles. The van der Waals surface area contributed by atoms with Crippen LogP contribution in [0.4, 0.5) is 32.2 Å². The fourth-order valence-electron chi connectivity index (χ4n) is 4.08. The summed E-state index contributed by atoms with van der Waals surface area (Å²) in [6, 6.07) is 7.56. The highest BCUT2D eigenvalue weighted by Gasteiger charge is 2.53. The Labute approximate surface area is 206 Å². The molecule has 0 unspecified atom stereocenters. The van der Waals surface area contributed by atoms with Crippen molar-refractivity contribution in [2.24, 2.45) is 0 Å². The fraction of sp³-hybridized carbons (Fsp3) is 0.208. The van der Waals surface area contributed by atoms with Gasteiger partial charge in [0, 0.05) is 8.42 Å². The molecule has 0 saturated heterocycles. The molecule has 196 valence electrons. The number of carbonyl (C=O) groups is 2. The largest absolute Gasteiger partial charge is 0.586 e. The summed E-state index contributed by atoms with van der Waals surface area (Å²) >= 11 is 0. The van der Waals surface area contributed by atoms with Crippen LogP contribution in [-0.2, 0) is 16.4 Å². The van der Waals surface area contributed by atoms with E-state index in [-0.39, 0.29) is 20.2 Å². The molecular formula is C24H18F6N2O5. The highest BCUT2D eigenvalue weighted by molar-refractivity contribution is 6.01. The number of aromatic nitrogens is 1. The molecule has 1 saturated carbocycles. The molecule has 2 N–H and O–H groups in total. The van der Waals surface area contributed by atoms with Crippen molar-refractivity contribution in [3.05, 3.63) is 71.0 Å². The smallest absolute Gasteiger partial charge is 0.478 e. The van der Waals surface area contributed by atoms with Crippen LogP contribution < -0.4 is 14.8 Å². The Hall–Kier alpha value is -4.29. The summed E-state index contributed by atoms with van der Waals surface area (Å²) in [6.45, 7) is 0. The molecule has 1 aliphatic heterocycles. The van der Waals surface area contributed by atoms with Crippen molar-refractivity contribution in [1.82, 2.24) is 4.98 Å². The number of hydrogen-bond acceptors (Lipinski definition) is 5. The van der Waals surface area contributed by atoms with Crippen LogP contribution in [0, 0.1) is 5.82 Å². The van der Waals surface area contributed by atoms with E-state index >= 15 is 0 Å². The number of carbonyl (C=O) groups excluding carboxylic acids is 1. The molecule has 2 heterocycles. The number of anilines is 1. The quantitative estimate of drug-likeness (QED) is 0.389. The molecule has 37 heavy (non-hydrogen) atoms. The van der Waals surface area contributed by atoms with Gasteiger partial charge in [0.1, 0.15) is 11.6 Å². The number of carboxylic acid groups (broad SMARTS) is 1. The van der Waals surface area contributed by atoms with Crippen molar-refractivity contribution in [3.63, 3.8) is 0 Å². The van der Waals surface area contributed by atoms with Gasteiger partial charge in [-0.15, -0.1) is 8.78 Å². The third-order valence-corrected chi connectivity index (χ3v) is 6.00. The Balaban J connectivity index is 0.00000210. The highest BCUT2D eigenvalue weighted by atomic mass is 19.4. The first-order chi connectivity index (χ1) is 17.3. The average Bonchev–Trinajstić information content (AvgIpc) is 3.55. The van der Waals surface area contributed by atoms with Crippen LogP contribution in [0.2, 0.25) is 0 Å². The van der Waals surface area contributed by atoms with E-state index in [1.165, 1.54) is 18.2 Å². The number of carboxylic acids is 1. The molecule has 13 heteroatoms. The predicted molar refractivity (Wildman–Crippen MR) is 118 cm³/mol. The lowest BCUT2D eigenvalue weighted by atomic mass is 9.94. The molecule has 2 aromatic carbocycles. The molecule has 0 atom stereocenters. The van der Waals surface area contributed by atoms with Crippen LogP contribution in [0.3, 0.4) is 0 Å². The van der Waals surface area contributed by atoms with Crippen molar-refractivity contribution in [2.75, 3.05) is 5.32 Å². The molecule has 3 aromatic rings. The van der Waals surface area contributed by atoms with E-state index in [0.717, 1.165) is 12.1 Å². The van der Waals surface area contributed by atoms with E-state index in [2.05, 4.69) is 19.8 Å². The van der Waals surface area contributed by atoms with Crippen molar-refractivity contribution in [1.29, 1.82) is 0 Å². The molecule has 1 aromatic heterocycles. The Morgan fingerprint density at radius 3 is 2.35 bits per heavy atom. The molecule has 0 bridgehead atoms. The third kappa shape index (κ3) is 4.52. The SMILES string of the molecule is O=C(O)c1cc(F)cc(-c2nc(NC(=O)C3(c4ccc5c(c4)OC(F)(F)O5)CC3)ccc2C(F)(F)F)c1.[HH].[HH]. The van der Waals surface area contributed by atoms with Gasteiger partial charge in [-0.1, -0.05) is 6.07 Å². The summed E-state index contributed by atoms with van der Waals surface area (Å²) in [5.41, 5.74) is -3.96. The van der Waals surface area contributed by atoms with Gasteiger partial charge in [0.25, 0.3) is 0 Å². The number of nitrogens with one attached hydrogen (secondary N) is 1. The molecule has 0 radical (unpaired) electrons. The Morgan fingerprint density at radius 1 is 1.00 bits per heavy atom. The lowest BCUT2D eigenvalue weighted by Gasteiger charge is -2.18. The van der Waals surface area contributed by atoms with Gasteiger partial charge in [-0.3, -0.25) is 4.79 Å². The summed E-state index contributed by atoms with van der Waals surface area (Å²) in [5, 5.41) is 11.6. The van der Waals surface area contributed by atoms with Crippen LogP contribution in [0.25, 0.3) is 11.3 Å². The lowest BCUT2D eigenvalue weighted by molar-refractivity contribution is -0.286. The standard InChI is InChI=1S/C24H14F6N2O5.2H2/c25-14-8-11(7-12(9-14)20(33)34)19-15(23(26,27)28)2-4-18(31-19)32-21(35)22(5-6-22)13-1-3-16-17(10-13)37-24(29,30)36-16;;/h1-4,7-10H,5-6H2,(H,33,34)(H,31,32,35);2*1H. The van der Waals surface area contributed by atoms with Gasteiger partial charge < -0.3 is 19.9 Å². The minimum absolute atomic E-state index is 0. The minimum atomic E-state index is -4.92. The van der Waals surface area contributed by atoms with Gasteiger partial charge in [-0.2, -0.15) is 13.2 Å². The first-order valence-corrected chi connectivity index (χ1v) is 10.6. The van der Waals surface area contributed by atoms with Crippen molar-refractivity contribution >= 4 is 17.7 Å². The third-order valence-electron chi connectivity index (χ3n) is 6.00. The van der Waals surface area contributed by atoms with Crippen molar-refractivity contribution in [3.8, 4) is 22.8 Å². The van der Waals surface area contributed by atoms with E-state index in [0.29, 0.717) is 36.6 Å². The summed E-state index contributed by atoms with van der Waals surface area (Å²) < 4.78 is 90.4. The topological polar surface area (TPSA) is 97.8 Å². The number of nitrogens with zero attached hydrogens (tertiary/aromatic N) is 1. The number of hydrogen-bond donors (Lipinski definition) is 2. The Kier molecular flexibility index (Phi) is 5.35. The second-order valence-electron chi connectivity index (χ2n) is 8.49. The maximum absolute atomic E-state index is 14.0. The van der Waals surface area contributed by atoms with Crippen LogP contribution in [-0.4, -0.2) is 28.3 Å². The normalized spacial score (nSPS) is 16.8. The second-order valence-corrected chi connectivity index (χ2v) is 8.49. The summed E-state index contributed by atoms with van der Waals surface area (Å²) in [6.07, 6.45) is -8.15. The number of pyridine rings is 1. The minimum Gasteiger partial charge on any atom is -0.478 e. The number of ether oxygens (including phenoxy) is 2. The zero-order valence-corrected chi connectivity index (χ0v) is 18.3. The summed E-state index contributed by atoms with van der Waals surface area (Å²) in [5.74, 6) is -4.11. The molecular weight excluding hydrogens is 510 g/mol. The summed E-state index contributed by atoms with van der Waals surface area (Å²) in [4.78, 5) is 28.2. The first-order valence-electron chi connectivity index (χ1n) is 10.6. The number of benzene rings is 2. The second kappa shape index (κ2) is 8.11. The maximum Gasteiger partial charge on any atom is 0.586 e.